The zero-order chi connectivity index (χ0) is 24.9. The smallest absolute Gasteiger partial charge is 0.312 e. The van der Waals surface area contributed by atoms with Crippen LogP contribution in [0.2, 0.25) is 0 Å². The van der Waals surface area contributed by atoms with E-state index in [9.17, 15) is 18.8 Å². The van der Waals surface area contributed by atoms with Crippen molar-refractivity contribution in [1.29, 1.82) is 0 Å². The molecule has 0 bridgehead atoms. The molecule has 1 aromatic carbocycles. The third-order valence-corrected chi connectivity index (χ3v) is 6.14. The summed E-state index contributed by atoms with van der Waals surface area (Å²) >= 11 is 0. The van der Waals surface area contributed by atoms with Crippen LogP contribution >= 0.6 is 0 Å². The number of urea groups is 1. The molecule has 3 aromatic rings. The quantitative estimate of drug-likeness (QED) is 0.399. The van der Waals surface area contributed by atoms with Crippen molar-refractivity contribution in [3.63, 3.8) is 0 Å². The van der Waals surface area contributed by atoms with Crippen LogP contribution in [-0.4, -0.2) is 50.0 Å². The summed E-state index contributed by atoms with van der Waals surface area (Å²) in [5.41, 5.74) is 6.56. The van der Waals surface area contributed by atoms with Crippen molar-refractivity contribution in [2.75, 3.05) is 6.54 Å². The molecular weight excluding hydrogens is 455 g/mol. The lowest BCUT2D eigenvalue weighted by Gasteiger charge is -2.28. The maximum absolute atomic E-state index is 13.5. The van der Waals surface area contributed by atoms with E-state index in [0.717, 1.165) is 31.2 Å². The van der Waals surface area contributed by atoms with Crippen LogP contribution in [0.25, 0.3) is 5.78 Å². The molecule has 5 N–H and O–H groups in total. The van der Waals surface area contributed by atoms with E-state index in [0.29, 0.717) is 12.1 Å². The highest BCUT2D eigenvalue weighted by Gasteiger charge is 2.24. The van der Waals surface area contributed by atoms with E-state index in [2.05, 4.69) is 31.0 Å². The number of rotatable bonds is 7. The summed E-state index contributed by atoms with van der Waals surface area (Å²) in [5.74, 6) is -0.821. The number of amides is 4. The molecule has 12 heteroatoms. The number of halogens is 1. The van der Waals surface area contributed by atoms with E-state index in [4.69, 9.17) is 5.73 Å². The first-order valence-corrected chi connectivity index (χ1v) is 11.4. The second-order valence-corrected chi connectivity index (χ2v) is 8.70. The van der Waals surface area contributed by atoms with Crippen LogP contribution in [0.4, 0.5) is 9.18 Å². The summed E-state index contributed by atoms with van der Waals surface area (Å²) in [6.07, 6.45) is 4.54. The highest BCUT2D eigenvalue weighted by Crippen LogP contribution is 2.23. The number of primary amides is 1. The topological polar surface area (TPSA) is 156 Å². The lowest BCUT2D eigenvalue weighted by atomic mass is 9.86. The van der Waals surface area contributed by atoms with Gasteiger partial charge < -0.3 is 21.7 Å². The fraction of sp³-hybridized carbons (Fsp3) is 0.391. The van der Waals surface area contributed by atoms with Crippen molar-refractivity contribution in [2.45, 2.75) is 45.2 Å². The molecule has 0 radical (unpaired) electrons. The van der Waals surface area contributed by atoms with Gasteiger partial charge in [-0.25, -0.2) is 14.2 Å². The number of fused-ring (bicyclic) bond motifs is 1. The van der Waals surface area contributed by atoms with Crippen molar-refractivity contribution >= 4 is 23.6 Å². The number of benzene rings is 1. The van der Waals surface area contributed by atoms with Gasteiger partial charge in [0.15, 0.2) is 0 Å². The summed E-state index contributed by atoms with van der Waals surface area (Å²) in [7, 11) is 0. The lowest BCUT2D eigenvalue weighted by Crippen LogP contribution is -2.42. The molecule has 0 unspecified atom stereocenters. The van der Waals surface area contributed by atoms with Crippen molar-refractivity contribution in [2.24, 2.45) is 11.7 Å². The predicted octanol–water partition coefficient (Wildman–Crippen LogP) is 1.46. The molecule has 4 rings (SSSR count). The SMILES string of the molecule is Cc1cc(CNC(=O)c2cc(C(=O)NCC3CCC(NC(N)=O)CC3)n3ncnc3n2)ccc1F. The van der Waals surface area contributed by atoms with Crippen LogP contribution in [0.1, 0.15) is 57.8 Å². The van der Waals surface area contributed by atoms with Crippen LogP contribution in [0.5, 0.6) is 0 Å². The highest BCUT2D eigenvalue weighted by molar-refractivity contribution is 5.98. The Hall–Kier alpha value is -4.09. The van der Waals surface area contributed by atoms with Crippen LogP contribution in [-0.2, 0) is 6.54 Å². The molecule has 1 aliphatic rings. The lowest BCUT2D eigenvalue weighted by molar-refractivity contribution is 0.0935. The number of nitrogens with zero attached hydrogens (tertiary/aromatic N) is 4. The van der Waals surface area contributed by atoms with Gasteiger partial charge in [-0.05, 0) is 55.7 Å². The minimum absolute atomic E-state index is 0.0208. The second-order valence-electron chi connectivity index (χ2n) is 8.70. The normalized spacial score (nSPS) is 17.7. The molecule has 184 valence electrons. The zero-order valence-electron chi connectivity index (χ0n) is 19.3. The Morgan fingerprint density at radius 3 is 2.60 bits per heavy atom. The van der Waals surface area contributed by atoms with E-state index >= 15 is 0 Å². The molecule has 0 aliphatic heterocycles. The van der Waals surface area contributed by atoms with Gasteiger partial charge in [-0.15, -0.1) is 0 Å². The van der Waals surface area contributed by atoms with Crippen molar-refractivity contribution in [1.82, 2.24) is 35.5 Å². The number of carbonyl (C=O) groups excluding carboxylic acids is 3. The Morgan fingerprint density at radius 1 is 1.11 bits per heavy atom. The fourth-order valence-corrected chi connectivity index (χ4v) is 4.22. The number of aromatic nitrogens is 4. The van der Waals surface area contributed by atoms with E-state index < -0.39 is 17.8 Å². The molecule has 1 aliphatic carbocycles. The average Bonchev–Trinajstić information content (AvgIpc) is 3.32. The molecule has 4 amide bonds. The molecule has 0 atom stereocenters. The van der Waals surface area contributed by atoms with Crippen molar-refractivity contribution in [3.8, 4) is 0 Å². The summed E-state index contributed by atoms with van der Waals surface area (Å²) in [6, 6.07) is 5.50. The molecule has 1 fully saturated rings. The first-order valence-electron chi connectivity index (χ1n) is 11.4. The maximum Gasteiger partial charge on any atom is 0.312 e. The monoisotopic (exact) mass is 482 g/mol. The summed E-state index contributed by atoms with van der Waals surface area (Å²) in [4.78, 5) is 44.9. The largest absolute Gasteiger partial charge is 0.352 e. The number of hydrogen-bond donors (Lipinski definition) is 4. The molecule has 2 heterocycles. The standard InChI is InChI=1S/C23H27FN8O3/c1-13-8-15(4-7-17(13)24)11-26-20(33)18-9-19(32-23(31-18)28-12-29-32)21(34)27-10-14-2-5-16(6-3-14)30-22(25)35/h4,7-9,12,14,16H,2-3,5-6,10-11H2,1H3,(H,26,33)(H,27,34)(H3,25,30,35). The predicted molar refractivity (Wildman–Crippen MR) is 124 cm³/mol. The number of hydrogen-bond acceptors (Lipinski definition) is 6. The highest BCUT2D eigenvalue weighted by atomic mass is 19.1. The first kappa shape index (κ1) is 24.0. The Morgan fingerprint density at radius 2 is 1.89 bits per heavy atom. The minimum Gasteiger partial charge on any atom is -0.352 e. The van der Waals surface area contributed by atoms with Gasteiger partial charge in [-0.2, -0.15) is 14.6 Å². The average molecular weight is 483 g/mol. The first-order chi connectivity index (χ1) is 16.8. The van der Waals surface area contributed by atoms with Gasteiger partial charge in [0.05, 0.1) is 0 Å². The van der Waals surface area contributed by atoms with Gasteiger partial charge in [-0.1, -0.05) is 12.1 Å². The van der Waals surface area contributed by atoms with E-state index in [-0.39, 0.29) is 41.5 Å². The fourth-order valence-electron chi connectivity index (χ4n) is 4.22. The van der Waals surface area contributed by atoms with Gasteiger partial charge >= 0.3 is 6.03 Å². The molecule has 2 aromatic heterocycles. The summed E-state index contributed by atoms with van der Waals surface area (Å²) in [6.45, 7) is 2.27. The number of carbonyl (C=O) groups is 3. The Bertz CT molecular complexity index is 1250. The van der Waals surface area contributed by atoms with E-state index in [1.807, 2.05) is 0 Å². The van der Waals surface area contributed by atoms with Crippen molar-refractivity contribution < 1.29 is 18.8 Å². The minimum atomic E-state index is -0.524. The number of nitrogens with one attached hydrogen (secondary N) is 3. The van der Waals surface area contributed by atoms with Gasteiger partial charge in [0, 0.05) is 25.2 Å². The number of nitrogens with two attached hydrogens (primary N) is 1. The summed E-state index contributed by atoms with van der Waals surface area (Å²) < 4.78 is 14.8. The third-order valence-electron chi connectivity index (χ3n) is 6.14. The van der Waals surface area contributed by atoms with Crippen LogP contribution in [0.15, 0.2) is 30.6 Å². The van der Waals surface area contributed by atoms with E-state index in [1.54, 1.807) is 19.1 Å². The second kappa shape index (κ2) is 10.5. The molecule has 0 spiro atoms. The van der Waals surface area contributed by atoms with Gasteiger partial charge in [0.1, 0.15) is 23.5 Å². The van der Waals surface area contributed by atoms with Crippen LogP contribution in [0.3, 0.4) is 0 Å². The number of aryl methyl sites for hydroxylation is 1. The maximum atomic E-state index is 13.5. The van der Waals surface area contributed by atoms with Gasteiger partial charge in [0.25, 0.3) is 17.6 Å². The summed E-state index contributed by atoms with van der Waals surface area (Å²) in [5, 5.41) is 12.4. The van der Waals surface area contributed by atoms with Crippen LogP contribution < -0.4 is 21.7 Å². The van der Waals surface area contributed by atoms with E-state index in [1.165, 1.54) is 23.0 Å². The Labute approximate surface area is 200 Å². The molecular formula is C23H27FN8O3. The zero-order valence-corrected chi connectivity index (χ0v) is 19.3. The molecule has 35 heavy (non-hydrogen) atoms. The molecule has 1 saturated carbocycles. The Kier molecular flexibility index (Phi) is 7.18. The van der Waals surface area contributed by atoms with Crippen LogP contribution in [0, 0.1) is 18.7 Å². The molecule has 11 nitrogen and oxygen atoms in total. The van der Waals surface area contributed by atoms with Gasteiger partial charge in [-0.3, -0.25) is 9.59 Å². The van der Waals surface area contributed by atoms with Gasteiger partial charge in [0.2, 0.25) is 0 Å². The van der Waals surface area contributed by atoms with Crippen molar-refractivity contribution in [3.05, 3.63) is 58.9 Å². The molecule has 0 saturated heterocycles. The Balaban J connectivity index is 1.40. The third kappa shape index (κ3) is 5.89.